The number of likely N-dealkylation sites (tertiary alicyclic amines) is 1. The van der Waals surface area contributed by atoms with Gasteiger partial charge < -0.3 is 16.0 Å². The van der Waals surface area contributed by atoms with Crippen LogP contribution in [0.5, 0.6) is 0 Å². The second-order valence-corrected chi connectivity index (χ2v) is 8.57. The number of nitrogens with two attached hydrogens (primary N) is 1. The lowest BCUT2D eigenvalue weighted by Crippen LogP contribution is -2.52. The molecule has 5 rings (SSSR count). The number of rotatable bonds is 5. The second-order valence-electron chi connectivity index (χ2n) is 8.57. The van der Waals surface area contributed by atoms with Crippen molar-refractivity contribution in [1.29, 1.82) is 0 Å². The van der Waals surface area contributed by atoms with Gasteiger partial charge in [-0.2, -0.15) is 5.10 Å². The summed E-state index contributed by atoms with van der Waals surface area (Å²) in [4.78, 5) is 44.3. The predicted molar refractivity (Wildman–Crippen MR) is 118 cm³/mol. The van der Waals surface area contributed by atoms with E-state index in [-0.39, 0.29) is 36.0 Å². The lowest BCUT2D eigenvalue weighted by molar-refractivity contribution is -0.141. The molecule has 9 heteroatoms. The Balaban J connectivity index is 1.41. The highest BCUT2D eigenvalue weighted by atomic mass is 16.2. The Morgan fingerprint density at radius 1 is 1.19 bits per heavy atom. The predicted octanol–water partition coefficient (Wildman–Crippen LogP) is 1.86. The van der Waals surface area contributed by atoms with Gasteiger partial charge in [0.25, 0.3) is 5.91 Å². The fourth-order valence-electron chi connectivity index (χ4n) is 5.13. The Bertz CT molecular complexity index is 1240. The third-order valence-corrected chi connectivity index (χ3v) is 6.48. The van der Waals surface area contributed by atoms with Gasteiger partial charge in [-0.3, -0.25) is 19.1 Å². The molecule has 1 aromatic carbocycles. The summed E-state index contributed by atoms with van der Waals surface area (Å²) < 4.78 is 1.50. The molecule has 2 bridgehead atoms. The van der Waals surface area contributed by atoms with Crippen molar-refractivity contribution < 1.29 is 14.4 Å². The third-order valence-electron chi connectivity index (χ3n) is 6.48. The standard InChI is InChI=1S/C23H24N6O3/c1-13-8-9-25-18(10-13)26-23(32)21-14-6-7-15(11-14)29(21)19(30)12-28-17-5-3-2-4-16(17)20(27-28)22(24)31/h2-5,8-10,14-15,21H,6-7,11-12H2,1H3,(H2,24,31)(H,25,26,32)/t14-,15+,21-/m0/s1. The number of anilines is 1. The minimum Gasteiger partial charge on any atom is -0.364 e. The van der Waals surface area contributed by atoms with Gasteiger partial charge in [0.05, 0.1) is 5.52 Å². The average Bonchev–Trinajstić information content (AvgIpc) is 3.47. The van der Waals surface area contributed by atoms with Crippen LogP contribution in [0, 0.1) is 12.8 Å². The molecule has 2 fully saturated rings. The number of hydrogen-bond acceptors (Lipinski definition) is 5. The summed E-state index contributed by atoms with van der Waals surface area (Å²) >= 11 is 0. The Kier molecular flexibility index (Phi) is 4.88. The van der Waals surface area contributed by atoms with Gasteiger partial charge in [-0.1, -0.05) is 18.2 Å². The minimum atomic E-state index is -0.643. The van der Waals surface area contributed by atoms with Crippen LogP contribution in [-0.4, -0.2) is 49.5 Å². The van der Waals surface area contributed by atoms with Crippen molar-refractivity contribution in [1.82, 2.24) is 19.7 Å². The SMILES string of the molecule is Cc1ccnc(NC(=O)[C@@H]2[C@H]3CC[C@H](C3)N2C(=O)Cn2nc(C(N)=O)c3ccccc32)c1. The number of nitrogens with zero attached hydrogens (tertiary/aromatic N) is 4. The molecule has 0 radical (unpaired) electrons. The summed E-state index contributed by atoms with van der Waals surface area (Å²) in [6, 6.07) is 10.3. The van der Waals surface area contributed by atoms with Crippen molar-refractivity contribution in [3.05, 3.63) is 53.9 Å². The first kappa shape index (κ1) is 20.2. The summed E-state index contributed by atoms with van der Waals surface area (Å²) in [6.07, 6.45) is 4.27. The van der Waals surface area contributed by atoms with E-state index in [2.05, 4.69) is 15.4 Å². The number of para-hydroxylation sites is 1. The quantitative estimate of drug-likeness (QED) is 0.637. The Hall–Kier alpha value is -3.75. The van der Waals surface area contributed by atoms with E-state index >= 15 is 0 Å². The van der Waals surface area contributed by atoms with Crippen LogP contribution in [0.2, 0.25) is 0 Å². The number of nitrogens with one attached hydrogen (secondary N) is 1. The molecule has 3 amide bonds. The van der Waals surface area contributed by atoms with Gasteiger partial charge in [-0.15, -0.1) is 0 Å². The second kappa shape index (κ2) is 7.74. The maximum atomic E-state index is 13.4. The highest BCUT2D eigenvalue weighted by molar-refractivity contribution is 6.04. The van der Waals surface area contributed by atoms with Crippen molar-refractivity contribution >= 4 is 34.4 Å². The lowest BCUT2D eigenvalue weighted by atomic mass is 9.97. The molecule has 2 aromatic heterocycles. The zero-order valence-corrected chi connectivity index (χ0v) is 17.7. The van der Waals surface area contributed by atoms with Gasteiger partial charge in [0.15, 0.2) is 5.69 Å². The number of hydrogen-bond donors (Lipinski definition) is 2. The molecule has 2 aliphatic rings. The number of aryl methyl sites for hydroxylation is 1. The van der Waals surface area contributed by atoms with Crippen LogP contribution in [-0.2, 0) is 16.1 Å². The summed E-state index contributed by atoms with van der Waals surface area (Å²) in [5, 5.41) is 7.78. The lowest BCUT2D eigenvalue weighted by Gasteiger charge is -2.34. The molecule has 3 heterocycles. The van der Waals surface area contributed by atoms with Gasteiger partial charge in [-0.05, 0) is 55.9 Å². The fourth-order valence-corrected chi connectivity index (χ4v) is 5.13. The molecule has 1 aliphatic heterocycles. The summed E-state index contributed by atoms with van der Waals surface area (Å²) in [5.41, 5.74) is 7.26. The van der Waals surface area contributed by atoms with E-state index in [1.165, 1.54) is 4.68 Å². The normalized spacial score (nSPS) is 21.8. The van der Waals surface area contributed by atoms with Crippen LogP contribution < -0.4 is 11.1 Å². The van der Waals surface area contributed by atoms with Crippen molar-refractivity contribution in [3.63, 3.8) is 0 Å². The zero-order valence-electron chi connectivity index (χ0n) is 17.7. The maximum absolute atomic E-state index is 13.4. The Labute approximate surface area is 184 Å². The number of amides is 3. The summed E-state index contributed by atoms with van der Waals surface area (Å²) in [7, 11) is 0. The van der Waals surface area contributed by atoms with Gasteiger partial charge in [0.2, 0.25) is 11.8 Å². The molecule has 9 nitrogen and oxygen atoms in total. The largest absolute Gasteiger partial charge is 0.364 e. The van der Waals surface area contributed by atoms with Crippen LogP contribution >= 0.6 is 0 Å². The summed E-state index contributed by atoms with van der Waals surface area (Å²) in [5.74, 6) is -0.445. The molecule has 3 aromatic rings. The van der Waals surface area contributed by atoms with Gasteiger partial charge >= 0.3 is 0 Å². The van der Waals surface area contributed by atoms with E-state index in [1.54, 1.807) is 35.4 Å². The molecule has 164 valence electrons. The number of pyridine rings is 1. The van der Waals surface area contributed by atoms with Crippen molar-refractivity contribution in [3.8, 4) is 0 Å². The topological polar surface area (TPSA) is 123 Å². The van der Waals surface area contributed by atoms with E-state index in [0.717, 1.165) is 24.8 Å². The molecule has 3 atom stereocenters. The molecule has 32 heavy (non-hydrogen) atoms. The van der Waals surface area contributed by atoms with Crippen LogP contribution in [0.25, 0.3) is 10.9 Å². The minimum absolute atomic E-state index is 0.0335. The molecule has 1 aliphatic carbocycles. The number of aromatic nitrogens is 3. The first-order valence-electron chi connectivity index (χ1n) is 10.7. The van der Waals surface area contributed by atoms with Crippen molar-refractivity contribution in [2.24, 2.45) is 11.7 Å². The van der Waals surface area contributed by atoms with Gasteiger partial charge in [0.1, 0.15) is 18.4 Å². The van der Waals surface area contributed by atoms with Crippen LogP contribution in [0.15, 0.2) is 42.6 Å². The molecular weight excluding hydrogens is 408 g/mol. The van der Waals surface area contributed by atoms with E-state index in [0.29, 0.717) is 16.7 Å². The van der Waals surface area contributed by atoms with E-state index in [9.17, 15) is 14.4 Å². The van der Waals surface area contributed by atoms with Crippen LogP contribution in [0.1, 0.15) is 35.3 Å². The highest BCUT2D eigenvalue weighted by Crippen LogP contribution is 2.43. The number of fused-ring (bicyclic) bond motifs is 3. The van der Waals surface area contributed by atoms with E-state index < -0.39 is 11.9 Å². The van der Waals surface area contributed by atoms with E-state index in [1.807, 2.05) is 19.1 Å². The maximum Gasteiger partial charge on any atom is 0.269 e. The monoisotopic (exact) mass is 432 g/mol. The summed E-state index contributed by atoms with van der Waals surface area (Å²) in [6.45, 7) is 1.86. The van der Waals surface area contributed by atoms with Crippen molar-refractivity contribution in [2.45, 2.75) is 44.8 Å². The van der Waals surface area contributed by atoms with Crippen LogP contribution in [0.4, 0.5) is 5.82 Å². The fraction of sp³-hybridized carbons (Fsp3) is 0.348. The Morgan fingerprint density at radius 2 is 2.00 bits per heavy atom. The molecule has 0 unspecified atom stereocenters. The smallest absolute Gasteiger partial charge is 0.269 e. The van der Waals surface area contributed by atoms with E-state index in [4.69, 9.17) is 5.73 Å². The number of carbonyl (C=O) groups excluding carboxylic acids is 3. The number of primary amides is 1. The first-order chi connectivity index (χ1) is 15.4. The molecule has 3 N–H and O–H groups in total. The van der Waals surface area contributed by atoms with Gasteiger partial charge in [0, 0.05) is 17.6 Å². The third kappa shape index (κ3) is 3.39. The highest BCUT2D eigenvalue weighted by Gasteiger charge is 2.51. The molecule has 0 spiro atoms. The molecular formula is C23H24N6O3. The molecule has 1 saturated heterocycles. The van der Waals surface area contributed by atoms with Gasteiger partial charge in [-0.25, -0.2) is 4.98 Å². The molecule has 1 saturated carbocycles. The number of carbonyl (C=O) groups is 3. The first-order valence-corrected chi connectivity index (χ1v) is 10.7. The number of piperidine rings is 1. The zero-order chi connectivity index (χ0) is 22.4. The Morgan fingerprint density at radius 3 is 2.78 bits per heavy atom. The van der Waals surface area contributed by atoms with Crippen molar-refractivity contribution in [2.75, 3.05) is 5.32 Å². The average molecular weight is 432 g/mol. The van der Waals surface area contributed by atoms with Crippen LogP contribution in [0.3, 0.4) is 0 Å². The number of benzene rings is 1.